The van der Waals surface area contributed by atoms with Gasteiger partial charge in [0.2, 0.25) is 0 Å². The van der Waals surface area contributed by atoms with E-state index in [0.717, 1.165) is 11.3 Å². The molecule has 1 heterocycles. The quantitative estimate of drug-likeness (QED) is 0.940. The Bertz CT molecular complexity index is 697. The topological polar surface area (TPSA) is 55.0 Å². The zero-order valence-electron chi connectivity index (χ0n) is 13.3. The molecule has 0 aliphatic heterocycles. The van der Waals surface area contributed by atoms with Crippen LogP contribution in [0.2, 0.25) is 0 Å². The van der Waals surface area contributed by atoms with Gasteiger partial charge in [-0.3, -0.25) is 4.79 Å². The van der Waals surface area contributed by atoms with Crippen LogP contribution in [0.1, 0.15) is 39.1 Å². The highest BCUT2D eigenvalue weighted by Crippen LogP contribution is 2.26. The summed E-state index contributed by atoms with van der Waals surface area (Å²) in [7, 11) is 0. The SMILES string of the molecule is CCOc1cccc(-c2nc(C(C)(C)C)[nH]c(=O)c2C)c1. The lowest BCUT2D eigenvalue weighted by atomic mass is 9.95. The fraction of sp³-hybridized carbons (Fsp3) is 0.412. The van der Waals surface area contributed by atoms with Gasteiger partial charge in [0.15, 0.2) is 0 Å². The molecule has 0 bridgehead atoms. The van der Waals surface area contributed by atoms with Crippen LogP contribution in [0.25, 0.3) is 11.3 Å². The van der Waals surface area contributed by atoms with Gasteiger partial charge in [-0.15, -0.1) is 0 Å². The Kier molecular flexibility index (Phi) is 4.16. The van der Waals surface area contributed by atoms with Crippen LogP contribution >= 0.6 is 0 Å². The zero-order chi connectivity index (χ0) is 15.6. The van der Waals surface area contributed by atoms with E-state index >= 15 is 0 Å². The van der Waals surface area contributed by atoms with E-state index in [1.54, 1.807) is 6.92 Å². The number of benzene rings is 1. The smallest absolute Gasteiger partial charge is 0.254 e. The minimum Gasteiger partial charge on any atom is -0.494 e. The van der Waals surface area contributed by atoms with Crippen molar-refractivity contribution in [2.24, 2.45) is 0 Å². The molecule has 0 aliphatic carbocycles. The Morgan fingerprint density at radius 1 is 1.29 bits per heavy atom. The number of nitrogens with one attached hydrogen (secondary N) is 1. The van der Waals surface area contributed by atoms with Crippen molar-refractivity contribution in [3.8, 4) is 17.0 Å². The van der Waals surface area contributed by atoms with E-state index in [1.165, 1.54) is 0 Å². The maximum absolute atomic E-state index is 12.2. The largest absolute Gasteiger partial charge is 0.494 e. The minimum absolute atomic E-state index is 0.0910. The average Bonchev–Trinajstić information content (AvgIpc) is 2.41. The van der Waals surface area contributed by atoms with Gasteiger partial charge in [0.05, 0.1) is 12.3 Å². The van der Waals surface area contributed by atoms with Crippen molar-refractivity contribution in [3.05, 3.63) is 46.0 Å². The van der Waals surface area contributed by atoms with Gasteiger partial charge >= 0.3 is 0 Å². The van der Waals surface area contributed by atoms with E-state index in [4.69, 9.17) is 4.74 Å². The standard InChI is InChI=1S/C17H22N2O2/c1-6-21-13-9-7-8-12(10-13)14-11(2)15(20)19-16(18-14)17(3,4)5/h7-10H,6H2,1-5H3,(H,18,19,20). The fourth-order valence-corrected chi connectivity index (χ4v) is 2.07. The summed E-state index contributed by atoms with van der Waals surface area (Å²) in [5.41, 5.74) is 1.93. The average molecular weight is 286 g/mol. The Hall–Kier alpha value is -2.10. The molecule has 112 valence electrons. The Morgan fingerprint density at radius 2 is 2.00 bits per heavy atom. The summed E-state index contributed by atoms with van der Waals surface area (Å²) in [4.78, 5) is 19.7. The summed E-state index contributed by atoms with van der Waals surface area (Å²) in [5.74, 6) is 1.48. The Labute approximate surface area is 125 Å². The number of hydrogen-bond acceptors (Lipinski definition) is 3. The van der Waals surface area contributed by atoms with Gasteiger partial charge in [-0.25, -0.2) is 4.98 Å². The van der Waals surface area contributed by atoms with Crippen molar-refractivity contribution in [2.75, 3.05) is 6.61 Å². The number of H-pyrrole nitrogens is 1. The molecule has 0 atom stereocenters. The first-order chi connectivity index (χ1) is 9.82. The minimum atomic E-state index is -0.209. The molecule has 0 radical (unpaired) electrons. The monoisotopic (exact) mass is 286 g/mol. The third-order valence-corrected chi connectivity index (χ3v) is 3.28. The van der Waals surface area contributed by atoms with Gasteiger partial charge in [0, 0.05) is 16.5 Å². The summed E-state index contributed by atoms with van der Waals surface area (Å²) in [6.45, 7) is 10.4. The molecule has 0 spiro atoms. The van der Waals surface area contributed by atoms with Gasteiger partial charge < -0.3 is 9.72 Å². The third kappa shape index (κ3) is 3.32. The second-order valence-corrected chi connectivity index (χ2v) is 6.10. The lowest BCUT2D eigenvalue weighted by Crippen LogP contribution is -2.24. The molecule has 2 aromatic rings. The van der Waals surface area contributed by atoms with Crippen LogP contribution < -0.4 is 10.3 Å². The molecule has 0 aliphatic rings. The summed E-state index contributed by atoms with van der Waals surface area (Å²) in [5, 5.41) is 0. The molecule has 4 heteroatoms. The van der Waals surface area contributed by atoms with E-state index in [2.05, 4.69) is 9.97 Å². The first-order valence-corrected chi connectivity index (χ1v) is 7.17. The highest BCUT2D eigenvalue weighted by atomic mass is 16.5. The van der Waals surface area contributed by atoms with Crippen LogP contribution in [-0.4, -0.2) is 16.6 Å². The van der Waals surface area contributed by atoms with Crippen LogP contribution in [0.15, 0.2) is 29.1 Å². The van der Waals surface area contributed by atoms with E-state index in [9.17, 15) is 4.79 Å². The molecule has 21 heavy (non-hydrogen) atoms. The maximum Gasteiger partial charge on any atom is 0.254 e. The fourth-order valence-electron chi connectivity index (χ4n) is 2.07. The van der Waals surface area contributed by atoms with E-state index in [-0.39, 0.29) is 11.0 Å². The van der Waals surface area contributed by atoms with Crippen molar-refractivity contribution in [1.82, 2.24) is 9.97 Å². The summed E-state index contributed by atoms with van der Waals surface area (Å²) >= 11 is 0. The zero-order valence-corrected chi connectivity index (χ0v) is 13.3. The summed E-state index contributed by atoms with van der Waals surface area (Å²) in [6.07, 6.45) is 0. The lowest BCUT2D eigenvalue weighted by Gasteiger charge is -2.19. The van der Waals surface area contributed by atoms with Crippen LogP contribution in [-0.2, 0) is 5.41 Å². The number of rotatable bonds is 3. The van der Waals surface area contributed by atoms with Crippen LogP contribution in [0.3, 0.4) is 0 Å². The molecule has 0 unspecified atom stereocenters. The molecule has 0 saturated carbocycles. The second-order valence-electron chi connectivity index (χ2n) is 6.10. The third-order valence-electron chi connectivity index (χ3n) is 3.28. The van der Waals surface area contributed by atoms with Gasteiger partial charge in [-0.1, -0.05) is 32.9 Å². The number of aromatic amines is 1. The first kappa shape index (κ1) is 15.3. The Morgan fingerprint density at radius 3 is 2.62 bits per heavy atom. The molecular weight excluding hydrogens is 264 g/mol. The predicted molar refractivity (Wildman–Crippen MR) is 84.9 cm³/mol. The van der Waals surface area contributed by atoms with Crippen molar-refractivity contribution in [2.45, 2.75) is 40.0 Å². The summed E-state index contributed by atoms with van der Waals surface area (Å²) < 4.78 is 5.52. The number of aromatic nitrogens is 2. The van der Waals surface area contributed by atoms with E-state index in [0.29, 0.717) is 23.7 Å². The van der Waals surface area contributed by atoms with Crippen molar-refractivity contribution >= 4 is 0 Å². The van der Waals surface area contributed by atoms with Crippen LogP contribution in [0.5, 0.6) is 5.75 Å². The Balaban J connectivity index is 2.60. The molecule has 4 nitrogen and oxygen atoms in total. The molecule has 1 N–H and O–H groups in total. The van der Waals surface area contributed by atoms with E-state index < -0.39 is 0 Å². The molecular formula is C17H22N2O2. The van der Waals surface area contributed by atoms with Crippen molar-refractivity contribution < 1.29 is 4.74 Å². The first-order valence-electron chi connectivity index (χ1n) is 7.17. The number of ether oxygens (including phenoxy) is 1. The van der Waals surface area contributed by atoms with Crippen LogP contribution in [0, 0.1) is 6.92 Å². The lowest BCUT2D eigenvalue weighted by molar-refractivity contribution is 0.340. The summed E-state index contributed by atoms with van der Waals surface area (Å²) in [6, 6.07) is 7.69. The molecule has 0 saturated heterocycles. The number of hydrogen-bond donors (Lipinski definition) is 1. The number of nitrogens with zero attached hydrogens (tertiary/aromatic N) is 1. The van der Waals surface area contributed by atoms with Gasteiger partial charge in [-0.2, -0.15) is 0 Å². The molecule has 0 amide bonds. The maximum atomic E-state index is 12.2. The highest BCUT2D eigenvalue weighted by Gasteiger charge is 2.20. The van der Waals surface area contributed by atoms with Gasteiger partial charge in [0.25, 0.3) is 5.56 Å². The van der Waals surface area contributed by atoms with Crippen molar-refractivity contribution in [1.29, 1.82) is 0 Å². The second kappa shape index (κ2) is 5.72. The normalized spacial score (nSPS) is 11.5. The van der Waals surface area contributed by atoms with Crippen molar-refractivity contribution in [3.63, 3.8) is 0 Å². The molecule has 1 aromatic carbocycles. The van der Waals surface area contributed by atoms with Gasteiger partial charge in [-0.05, 0) is 26.0 Å². The van der Waals surface area contributed by atoms with E-state index in [1.807, 2.05) is 52.0 Å². The molecule has 1 aromatic heterocycles. The highest BCUT2D eigenvalue weighted by molar-refractivity contribution is 5.64. The molecule has 2 rings (SSSR count). The van der Waals surface area contributed by atoms with Crippen LogP contribution in [0.4, 0.5) is 0 Å². The molecule has 0 fully saturated rings. The predicted octanol–water partition coefficient (Wildman–Crippen LogP) is 3.44. The van der Waals surface area contributed by atoms with Gasteiger partial charge in [0.1, 0.15) is 11.6 Å².